The monoisotopic (exact) mass is 322 g/mol. The van der Waals surface area contributed by atoms with Crippen LogP contribution in [0, 0.1) is 17.8 Å². The van der Waals surface area contributed by atoms with Crippen LogP contribution in [0.15, 0.2) is 30.5 Å². The fourth-order valence-corrected chi connectivity index (χ4v) is 2.55. The average Bonchev–Trinajstić information content (AvgIpc) is 2.96. The Morgan fingerprint density at radius 3 is 2.83 bits per heavy atom. The van der Waals surface area contributed by atoms with Gasteiger partial charge in [0, 0.05) is 24.0 Å². The minimum Gasteiger partial charge on any atom is -0.378 e. The third-order valence-corrected chi connectivity index (χ3v) is 4.50. The predicted molar refractivity (Wildman–Crippen MR) is 95.9 cm³/mol. The molecule has 0 radical (unpaired) electrons. The first-order chi connectivity index (χ1) is 11.4. The van der Waals surface area contributed by atoms with Gasteiger partial charge in [0.1, 0.15) is 11.4 Å². The fraction of sp³-hybridized carbons (Fsp3) is 0.368. The summed E-state index contributed by atoms with van der Waals surface area (Å²) >= 11 is 0. The lowest BCUT2D eigenvalue weighted by atomic mass is 9.93. The largest absolute Gasteiger partial charge is 0.378 e. The molecule has 24 heavy (non-hydrogen) atoms. The average molecular weight is 322 g/mol. The third-order valence-electron chi connectivity index (χ3n) is 4.50. The lowest BCUT2D eigenvalue weighted by molar-refractivity contribution is 0.0726. The number of rotatable bonds is 2. The van der Waals surface area contributed by atoms with Crippen molar-refractivity contribution in [3.05, 3.63) is 41.6 Å². The Morgan fingerprint density at radius 1 is 1.33 bits per heavy atom. The van der Waals surface area contributed by atoms with Gasteiger partial charge in [-0.1, -0.05) is 31.8 Å². The third kappa shape index (κ3) is 3.19. The Balaban J connectivity index is 1.94. The van der Waals surface area contributed by atoms with E-state index in [2.05, 4.69) is 32.8 Å². The Hall–Kier alpha value is -2.58. The summed E-state index contributed by atoms with van der Waals surface area (Å²) in [5, 5.41) is 10.3. The molecule has 1 atom stereocenters. The highest BCUT2D eigenvalue weighted by Crippen LogP contribution is 2.34. The molecule has 0 bridgehead atoms. The number of hydrogen-bond acceptors (Lipinski definition) is 5. The molecule has 0 saturated carbocycles. The molecule has 0 amide bonds. The quantitative estimate of drug-likeness (QED) is 0.831. The van der Waals surface area contributed by atoms with Crippen molar-refractivity contribution in [2.75, 3.05) is 17.2 Å². The van der Waals surface area contributed by atoms with Gasteiger partial charge in [-0.2, -0.15) is 4.98 Å². The molecule has 3 rings (SSSR count). The first-order valence-corrected chi connectivity index (χ1v) is 8.11. The molecular formula is C19H22N4O. The normalized spacial score (nSPS) is 15.6. The molecule has 1 aliphatic rings. The number of nitrogen functional groups attached to an aromatic ring is 1. The first kappa shape index (κ1) is 16.3. The van der Waals surface area contributed by atoms with Gasteiger partial charge < -0.3 is 15.7 Å². The standard InChI is InChI=1S/C19H22N4O/c1-13(2)19(3,24)9-6-14-4-5-15-8-11-23(16(15)12-14)17-7-10-21-18(20)22-17/h4-5,7,10,12-13,24H,8,11H2,1-3H3,(H2,20,21,22). The summed E-state index contributed by atoms with van der Waals surface area (Å²) in [6, 6.07) is 7.99. The van der Waals surface area contributed by atoms with Crippen LogP contribution in [0.2, 0.25) is 0 Å². The van der Waals surface area contributed by atoms with Gasteiger partial charge in [-0.25, -0.2) is 4.98 Å². The van der Waals surface area contributed by atoms with E-state index in [1.54, 1.807) is 13.1 Å². The van der Waals surface area contributed by atoms with Gasteiger partial charge in [-0.15, -0.1) is 0 Å². The van der Waals surface area contributed by atoms with Gasteiger partial charge in [-0.3, -0.25) is 0 Å². The second-order valence-electron chi connectivity index (χ2n) is 6.57. The lowest BCUT2D eigenvalue weighted by Gasteiger charge is -2.20. The maximum absolute atomic E-state index is 10.3. The summed E-state index contributed by atoms with van der Waals surface area (Å²) < 4.78 is 0. The van der Waals surface area contributed by atoms with Crippen molar-refractivity contribution in [2.45, 2.75) is 32.8 Å². The van der Waals surface area contributed by atoms with Crippen LogP contribution in [-0.4, -0.2) is 27.2 Å². The van der Waals surface area contributed by atoms with Crippen LogP contribution in [0.1, 0.15) is 31.9 Å². The molecule has 5 nitrogen and oxygen atoms in total. The van der Waals surface area contributed by atoms with Gasteiger partial charge in [0.05, 0.1) is 0 Å². The molecule has 2 heterocycles. The van der Waals surface area contributed by atoms with E-state index in [0.717, 1.165) is 30.0 Å². The van der Waals surface area contributed by atoms with E-state index in [-0.39, 0.29) is 11.9 Å². The van der Waals surface area contributed by atoms with Gasteiger partial charge in [0.2, 0.25) is 5.95 Å². The van der Waals surface area contributed by atoms with Crippen LogP contribution in [0.4, 0.5) is 17.5 Å². The Kier molecular flexibility index (Phi) is 4.16. The number of aliphatic hydroxyl groups is 1. The van der Waals surface area contributed by atoms with Gasteiger partial charge >= 0.3 is 0 Å². The van der Waals surface area contributed by atoms with Crippen LogP contribution in [0.3, 0.4) is 0 Å². The number of nitrogens with two attached hydrogens (primary N) is 1. The van der Waals surface area contributed by atoms with Gasteiger partial charge in [0.15, 0.2) is 0 Å². The van der Waals surface area contributed by atoms with Crippen molar-refractivity contribution in [3.63, 3.8) is 0 Å². The number of hydrogen-bond donors (Lipinski definition) is 2. The molecule has 1 aromatic heterocycles. The molecule has 1 unspecified atom stereocenters. The van der Waals surface area contributed by atoms with Crippen molar-refractivity contribution in [2.24, 2.45) is 5.92 Å². The van der Waals surface area contributed by atoms with Crippen molar-refractivity contribution < 1.29 is 5.11 Å². The molecule has 0 aliphatic carbocycles. The maximum atomic E-state index is 10.3. The molecule has 5 heteroatoms. The SMILES string of the molecule is CC(C)C(C)(O)C#Cc1ccc2c(c1)N(c1ccnc(N)n1)CC2. The Labute approximate surface area is 142 Å². The van der Waals surface area contributed by atoms with E-state index in [1.165, 1.54) is 5.56 Å². The zero-order valence-electron chi connectivity index (χ0n) is 14.2. The topological polar surface area (TPSA) is 75.3 Å². The summed E-state index contributed by atoms with van der Waals surface area (Å²) in [6.07, 6.45) is 2.62. The zero-order valence-corrected chi connectivity index (χ0v) is 14.2. The maximum Gasteiger partial charge on any atom is 0.221 e. The van der Waals surface area contributed by atoms with Crippen LogP contribution in [-0.2, 0) is 6.42 Å². The summed E-state index contributed by atoms with van der Waals surface area (Å²) in [6.45, 7) is 6.51. The lowest BCUT2D eigenvalue weighted by Crippen LogP contribution is -2.28. The highest BCUT2D eigenvalue weighted by molar-refractivity contribution is 5.69. The predicted octanol–water partition coefficient (Wildman–Crippen LogP) is 2.51. The van der Waals surface area contributed by atoms with Crippen LogP contribution >= 0.6 is 0 Å². The van der Waals surface area contributed by atoms with E-state index in [1.807, 2.05) is 32.0 Å². The van der Waals surface area contributed by atoms with E-state index in [4.69, 9.17) is 5.73 Å². The minimum atomic E-state index is -1.00. The smallest absolute Gasteiger partial charge is 0.221 e. The Morgan fingerprint density at radius 2 is 2.12 bits per heavy atom. The minimum absolute atomic E-state index is 0.0694. The molecule has 1 aliphatic heterocycles. The molecule has 0 saturated heterocycles. The molecular weight excluding hydrogens is 300 g/mol. The number of anilines is 3. The fourth-order valence-electron chi connectivity index (χ4n) is 2.55. The van der Waals surface area contributed by atoms with Crippen LogP contribution in [0.5, 0.6) is 0 Å². The van der Waals surface area contributed by atoms with E-state index >= 15 is 0 Å². The van der Waals surface area contributed by atoms with Crippen molar-refractivity contribution in [1.82, 2.24) is 9.97 Å². The molecule has 1 aromatic carbocycles. The molecule has 3 N–H and O–H groups in total. The highest BCUT2D eigenvalue weighted by atomic mass is 16.3. The molecule has 0 spiro atoms. The van der Waals surface area contributed by atoms with Crippen molar-refractivity contribution >= 4 is 17.5 Å². The van der Waals surface area contributed by atoms with E-state index in [9.17, 15) is 5.11 Å². The Bertz CT molecular complexity index is 818. The van der Waals surface area contributed by atoms with Crippen LogP contribution in [0.25, 0.3) is 0 Å². The number of nitrogens with zero attached hydrogens (tertiary/aromatic N) is 3. The second kappa shape index (κ2) is 6.14. The van der Waals surface area contributed by atoms with Gasteiger partial charge in [-0.05, 0) is 43.0 Å². The van der Waals surface area contributed by atoms with Gasteiger partial charge in [0.25, 0.3) is 0 Å². The van der Waals surface area contributed by atoms with E-state index in [0.29, 0.717) is 0 Å². The highest BCUT2D eigenvalue weighted by Gasteiger charge is 2.23. The summed E-state index contributed by atoms with van der Waals surface area (Å²) in [7, 11) is 0. The molecule has 0 fully saturated rings. The van der Waals surface area contributed by atoms with E-state index < -0.39 is 5.60 Å². The molecule has 2 aromatic rings. The second-order valence-corrected chi connectivity index (χ2v) is 6.57. The summed E-state index contributed by atoms with van der Waals surface area (Å²) in [4.78, 5) is 10.4. The number of aromatic nitrogens is 2. The first-order valence-electron chi connectivity index (χ1n) is 8.11. The zero-order chi connectivity index (χ0) is 17.3. The summed E-state index contributed by atoms with van der Waals surface area (Å²) in [5.74, 6) is 7.20. The van der Waals surface area contributed by atoms with Crippen molar-refractivity contribution in [3.8, 4) is 11.8 Å². The number of fused-ring (bicyclic) bond motifs is 1. The van der Waals surface area contributed by atoms with Crippen LogP contribution < -0.4 is 10.6 Å². The number of benzene rings is 1. The summed E-state index contributed by atoms with van der Waals surface area (Å²) in [5.41, 5.74) is 7.92. The molecule has 124 valence electrons. The van der Waals surface area contributed by atoms with Crippen molar-refractivity contribution in [1.29, 1.82) is 0 Å².